The maximum absolute atomic E-state index is 12.5. The third kappa shape index (κ3) is 3.31. The summed E-state index contributed by atoms with van der Waals surface area (Å²) >= 11 is 0. The fourth-order valence-electron chi connectivity index (χ4n) is 5.94. The molecule has 140 valence electrons. The van der Waals surface area contributed by atoms with E-state index in [1.165, 1.54) is 45.6 Å². The Morgan fingerprint density at radius 3 is 2.31 bits per heavy atom. The zero-order valence-corrected chi connectivity index (χ0v) is 15.6. The van der Waals surface area contributed by atoms with Gasteiger partial charge in [0.2, 0.25) is 0 Å². The van der Waals surface area contributed by atoms with Gasteiger partial charge in [-0.15, -0.1) is 0 Å². The number of amides is 2. The molecule has 4 fully saturated rings. The second-order valence-electron chi connectivity index (χ2n) is 8.75. The number of methoxy groups -OCH3 is 1. The van der Waals surface area contributed by atoms with Crippen LogP contribution in [-0.2, 0) is 4.74 Å². The first-order valence-corrected chi connectivity index (χ1v) is 9.70. The lowest BCUT2D eigenvalue weighted by molar-refractivity contribution is -0.0496. The average molecular weight is 356 g/mol. The third-order valence-corrected chi connectivity index (χ3v) is 6.70. The van der Waals surface area contributed by atoms with Gasteiger partial charge in [-0.3, -0.25) is 0 Å². The van der Waals surface area contributed by atoms with Crippen LogP contribution in [0.25, 0.3) is 0 Å². The minimum atomic E-state index is -0.401. The Labute approximate surface area is 154 Å². The van der Waals surface area contributed by atoms with Gasteiger partial charge in [-0.1, -0.05) is 6.07 Å². The molecule has 0 aromatic heterocycles. The van der Waals surface area contributed by atoms with Crippen LogP contribution in [0.15, 0.2) is 18.2 Å². The molecule has 0 radical (unpaired) electrons. The van der Waals surface area contributed by atoms with E-state index in [0.717, 1.165) is 29.9 Å². The second-order valence-corrected chi connectivity index (χ2v) is 8.75. The van der Waals surface area contributed by atoms with Gasteiger partial charge in [0, 0.05) is 12.2 Å². The summed E-state index contributed by atoms with van der Waals surface area (Å²) in [4.78, 5) is 24.2. The third-order valence-electron chi connectivity index (χ3n) is 6.70. The van der Waals surface area contributed by atoms with Crippen molar-refractivity contribution >= 4 is 17.7 Å². The number of esters is 1. The molecule has 5 nitrogen and oxygen atoms in total. The zero-order chi connectivity index (χ0) is 18.3. The summed E-state index contributed by atoms with van der Waals surface area (Å²) in [5, 5.41) is 6.02. The van der Waals surface area contributed by atoms with Crippen LogP contribution in [0.5, 0.6) is 0 Å². The van der Waals surface area contributed by atoms with E-state index in [2.05, 4.69) is 10.6 Å². The number of rotatable bonds is 4. The number of nitrogens with one attached hydrogen (secondary N) is 2. The Bertz CT molecular complexity index is 693. The summed E-state index contributed by atoms with van der Waals surface area (Å²) in [6, 6.07) is 5.01. The molecule has 2 amide bonds. The van der Waals surface area contributed by atoms with Crippen molar-refractivity contribution in [1.82, 2.24) is 5.32 Å². The van der Waals surface area contributed by atoms with Crippen molar-refractivity contribution in [1.29, 1.82) is 0 Å². The SMILES string of the molecule is COC(=O)c1ccc(C)c(NC(=O)NCC23CC4CC(CC(C4)C2)C3)c1. The summed E-state index contributed by atoms with van der Waals surface area (Å²) < 4.78 is 4.75. The van der Waals surface area contributed by atoms with Crippen LogP contribution in [-0.4, -0.2) is 25.7 Å². The number of anilines is 1. The zero-order valence-electron chi connectivity index (χ0n) is 15.6. The maximum Gasteiger partial charge on any atom is 0.337 e. The number of carbonyl (C=O) groups is 2. The Morgan fingerprint density at radius 2 is 1.73 bits per heavy atom. The number of hydrogen-bond acceptors (Lipinski definition) is 3. The normalized spacial score (nSPS) is 31.5. The molecule has 0 unspecified atom stereocenters. The molecule has 4 saturated carbocycles. The highest BCUT2D eigenvalue weighted by Gasteiger charge is 2.50. The maximum atomic E-state index is 12.5. The lowest BCUT2D eigenvalue weighted by atomic mass is 9.49. The van der Waals surface area contributed by atoms with Crippen LogP contribution in [0.3, 0.4) is 0 Å². The molecular formula is C21H28N2O3. The minimum absolute atomic E-state index is 0.189. The van der Waals surface area contributed by atoms with E-state index in [0.29, 0.717) is 16.7 Å². The quantitative estimate of drug-likeness (QED) is 0.798. The second kappa shape index (κ2) is 6.60. The first-order valence-electron chi connectivity index (χ1n) is 9.70. The highest BCUT2D eigenvalue weighted by atomic mass is 16.5. The van der Waals surface area contributed by atoms with Crippen LogP contribution in [0.4, 0.5) is 10.5 Å². The van der Waals surface area contributed by atoms with Crippen LogP contribution < -0.4 is 10.6 Å². The standard InChI is InChI=1S/C21H28N2O3/c1-13-3-4-17(19(24)26-2)8-18(13)23-20(25)22-12-21-9-14-5-15(10-21)7-16(6-14)11-21/h3-4,8,14-16H,5-7,9-12H2,1-2H3,(H2,22,23,25). The van der Waals surface area contributed by atoms with E-state index >= 15 is 0 Å². The predicted molar refractivity (Wildman–Crippen MR) is 100 cm³/mol. The van der Waals surface area contributed by atoms with Crippen molar-refractivity contribution in [2.45, 2.75) is 45.4 Å². The summed E-state index contributed by atoms with van der Waals surface area (Å²) in [6.07, 6.45) is 8.04. The molecule has 0 heterocycles. The largest absolute Gasteiger partial charge is 0.465 e. The lowest BCUT2D eigenvalue weighted by Crippen LogP contribution is -2.51. The van der Waals surface area contributed by atoms with Crippen LogP contribution in [0.2, 0.25) is 0 Å². The first kappa shape index (κ1) is 17.4. The molecular weight excluding hydrogens is 328 g/mol. The Hall–Kier alpha value is -2.04. The van der Waals surface area contributed by atoms with Crippen molar-refractivity contribution < 1.29 is 14.3 Å². The van der Waals surface area contributed by atoms with E-state index in [1.807, 2.05) is 13.0 Å². The number of aryl methyl sites for hydroxylation is 1. The van der Waals surface area contributed by atoms with E-state index in [1.54, 1.807) is 12.1 Å². The average Bonchev–Trinajstić information content (AvgIpc) is 2.60. The summed E-state index contributed by atoms with van der Waals surface area (Å²) in [5.41, 5.74) is 2.32. The van der Waals surface area contributed by atoms with Gasteiger partial charge in [0.05, 0.1) is 12.7 Å². The van der Waals surface area contributed by atoms with Gasteiger partial charge in [-0.2, -0.15) is 0 Å². The van der Waals surface area contributed by atoms with E-state index < -0.39 is 5.97 Å². The van der Waals surface area contributed by atoms with E-state index in [4.69, 9.17) is 4.74 Å². The van der Waals surface area contributed by atoms with Gasteiger partial charge in [-0.05, 0) is 86.3 Å². The van der Waals surface area contributed by atoms with Crippen molar-refractivity contribution in [2.75, 3.05) is 19.0 Å². The van der Waals surface area contributed by atoms with Gasteiger partial charge in [0.25, 0.3) is 0 Å². The van der Waals surface area contributed by atoms with Gasteiger partial charge >= 0.3 is 12.0 Å². The highest BCUT2D eigenvalue weighted by molar-refractivity contribution is 5.94. The highest BCUT2D eigenvalue weighted by Crippen LogP contribution is 2.59. The number of carbonyl (C=O) groups excluding carboxylic acids is 2. The molecule has 26 heavy (non-hydrogen) atoms. The molecule has 4 aliphatic carbocycles. The van der Waals surface area contributed by atoms with E-state index in [9.17, 15) is 9.59 Å². The van der Waals surface area contributed by atoms with Crippen molar-refractivity contribution in [3.63, 3.8) is 0 Å². The fraction of sp³-hybridized carbons (Fsp3) is 0.619. The summed E-state index contributed by atoms with van der Waals surface area (Å²) in [7, 11) is 1.35. The molecule has 5 heteroatoms. The molecule has 1 aromatic carbocycles. The van der Waals surface area contributed by atoms with Gasteiger partial charge in [-0.25, -0.2) is 9.59 Å². The minimum Gasteiger partial charge on any atom is -0.465 e. The lowest BCUT2D eigenvalue weighted by Gasteiger charge is -2.56. The number of hydrogen-bond donors (Lipinski definition) is 2. The Kier molecular flexibility index (Phi) is 4.41. The Balaban J connectivity index is 1.38. The first-order chi connectivity index (χ1) is 12.5. The molecule has 1 aromatic rings. The van der Waals surface area contributed by atoms with Crippen LogP contribution >= 0.6 is 0 Å². The monoisotopic (exact) mass is 356 g/mol. The molecule has 0 atom stereocenters. The summed E-state index contributed by atoms with van der Waals surface area (Å²) in [6.45, 7) is 2.67. The van der Waals surface area contributed by atoms with Gasteiger partial charge < -0.3 is 15.4 Å². The fourth-order valence-corrected chi connectivity index (χ4v) is 5.94. The van der Waals surface area contributed by atoms with Crippen molar-refractivity contribution in [3.8, 4) is 0 Å². The van der Waals surface area contributed by atoms with Gasteiger partial charge in [0.1, 0.15) is 0 Å². The topological polar surface area (TPSA) is 67.4 Å². The molecule has 4 bridgehead atoms. The van der Waals surface area contributed by atoms with Crippen LogP contribution in [0.1, 0.15) is 54.4 Å². The molecule has 0 aliphatic heterocycles. The van der Waals surface area contributed by atoms with Crippen LogP contribution in [0, 0.1) is 30.1 Å². The summed E-state index contributed by atoms with van der Waals surface area (Å²) in [5.74, 6) is 2.24. The number of benzene rings is 1. The molecule has 5 rings (SSSR count). The molecule has 2 N–H and O–H groups in total. The van der Waals surface area contributed by atoms with E-state index in [-0.39, 0.29) is 6.03 Å². The molecule has 0 spiro atoms. The number of urea groups is 1. The predicted octanol–water partition coefficient (Wildman–Crippen LogP) is 4.12. The molecule has 4 aliphatic rings. The smallest absolute Gasteiger partial charge is 0.337 e. The molecule has 0 saturated heterocycles. The van der Waals surface area contributed by atoms with Crippen molar-refractivity contribution in [3.05, 3.63) is 29.3 Å². The van der Waals surface area contributed by atoms with Gasteiger partial charge in [0.15, 0.2) is 0 Å². The Morgan fingerprint density at radius 1 is 1.12 bits per heavy atom. The van der Waals surface area contributed by atoms with Crippen molar-refractivity contribution in [2.24, 2.45) is 23.2 Å². The number of ether oxygens (including phenoxy) is 1.